The molecular weight excluding hydrogens is 410 g/mol. The van der Waals surface area contributed by atoms with Crippen molar-refractivity contribution < 1.29 is 9.59 Å². The summed E-state index contributed by atoms with van der Waals surface area (Å²) in [7, 11) is 0. The topological polar surface area (TPSA) is 56.4 Å². The summed E-state index contributed by atoms with van der Waals surface area (Å²) >= 11 is 0. The zero-order valence-corrected chi connectivity index (χ0v) is 18.8. The quantitative estimate of drug-likeness (QED) is 0.667. The van der Waals surface area contributed by atoms with Crippen LogP contribution in [0.4, 0.5) is 0 Å². The summed E-state index contributed by atoms with van der Waals surface area (Å²) in [6.07, 6.45) is 7.65. The van der Waals surface area contributed by atoms with Gasteiger partial charge in [-0.15, -0.1) is 0 Å². The maximum Gasteiger partial charge on any atom is 0.246 e. The summed E-state index contributed by atoms with van der Waals surface area (Å²) in [5, 5.41) is 1.18. The van der Waals surface area contributed by atoms with Crippen LogP contribution in [0.15, 0.2) is 42.5 Å². The summed E-state index contributed by atoms with van der Waals surface area (Å²) in [4.78, 5) is 34.7. The molecule has 0 spiro atoms. The van der Waals surface area contributed by atoms with E-state index in [1.54, 1.807) is 0 Å². The van der Waals surface area contributed by atoms with Crippen LogP contribution in [0.5, 0.6) is 0 Å². The number of nitrogens with zero attached hydrogens (tertiary/aromatic N) is 2. The Hall–Kier alpha value is -3.08. The molecule has 2 aliphatic heterocycles. The summed E-state index contributed by atoms with van der Waals surface area (Å²) in [5.41, 5.74) is 7.34. The van der Waals surface area contributed by atoms with Crippen LogP contribution < -0.4 is 0 Å². The van der Waals surface area contributed by atoms with Crippen molar-refractivity contribution in [3.8, 4) is 0 Å². The van der Waals surface area contributed by atoms with E-state index < -0.39 is 6.04 Å². The van der Waals surface area contributed by atoms with Crippen molar-refractivity contribution in [3.63, 3.8) is 0 Å². The molecule has 0 bridgehead atoms. The van der Waals surface area contributed by atoms with Crippen molar-refractivity contribution in [2.45, 2.75) is 57.0 Å². The number of para-hydroxylation sites is 1. The fourth-order valence-corrected chi connectivity index (χ4v) is 6.36. The molecule has 2 amide bonds. The summed E-state index contributed by atoms with van der Waals surface area (Å²) in [6.45, 7) is 0.946. The average Bonchev–Trinajstić information content (AvgIpc) is 3.58. The number of benzene rings is 2. The summed E-state index contributed by atoms with van der Waals surface area (Å²) < 4.78 is 0. The summed E-state index contributed by atoms with van der Waals surface area (Å²) in [5.74, 6) is 0.782. The normalized spacial score (nSPS) is 24.6. The van der Waals surface area contributed by atoms with Gasteiger partial charge in [-0.3, -0.25) is 9.59 Å². The van der Waals surface area contributed by atoms with E-state index in [2.05, 4.69) is 41.4 Å². The summed E-state index contributed by atoms with van der Waals surface area (Å²) in [6, 6.07) is 14.4. The second-order valence-electron chi connectivity index (χ2n) is 10.4. The van der Waals surface area contributed by atoms with E-state index in [0.717, 1.165) is 36.2 Å². The van der Waals surface area contributed by atoms with Gasteiger partial charge in [-0.05, 0) is 72.8 Å². The number of aromatic nitrogens is 1. The van der Waals surface area contributed by atoms with Crippen molar-refractivity contribution in [2.24, 2.45) is 5.92 Å². The molecule has 3 aromatic rings. The number of H-pyrrole nitrogens is 1. The Morgan fingerprint density at radius 1 is 0.970 bits per heavy atom. The Labute approximate surface area is 193 Å². The van der Waals surface area contributed by atoms with E-state index in [9.17, 15) is 9.59 Å². The van der Waals surface area contributed by atoms with E-state index >= 15 is 0 Å². The predicted molar refractivity (Wildman–Crippen MR) is 127 cm³/mol. The fourth-order valence-electron chi connectivity index (χ4n) is 6.36. The van der Waals surface area contributed by atoms with Crippen LogP contribution in [0.1, 0.15) is 59.7 Å². The minimum Gasteiger partial charge on any atom is -0.356 e. The Morgan fingerprint density at radius 2 is 1.79 bits per heavy atom. The lowest BCUT2D eigenvalue weighted by Gasteiger charge is -2.47. The monoisotopic (exact) mass is 439 g/mol. The molecule has 0 radical (unpaired) electrons. The molecule has 5 nitrogen and oxygen atoms in total. The number of hydrogen-bond donors (Lipinski definition) is 1. The molecule has 2 atom stereocenters. The third kappa shape index (κ3) is 3.05. The lowest BCUT2D eigenvalue weighted by atomic mass is 9.83. The number of hydrogen-bond acceptors (Lipinski definition) is 2. The molecule has 1 saturated carbocycles. The number of aromatic amines is 1. The van der Waals surface area contributed by atoms with E-state index in [4.69, 9.17) is 0 Å². The zero-order chi connectivity index (χ0) is 22.1. The first-order chi connectivity index (χ1) is 16.2. The minimum atomic E-state index is -0.419. The number of carbonyl (C=O) groups excluding carboxylic acids is 2. The SMILES string of the molecule is O=C1[C@H]2Cc3c([nH]c4ccccc34)[C@H](c3ccc4c(c3)CCCC4)N2C(=O)CN1CC1CC1. The number of fused-ring (bicyclic) bond motifs is 5. The van der Waals surface area contributed by atoms with Crippen LogP contribution in [0.3, 0.4) is 0 Å². The van der Waals surface area contributed by atoms with E-state index in [-0.39, 0.29) is 24.4 Å². The van der Waals surface area contributed by atoms with E-state index in [1.165, 1.54) is 47.8 Å². The van der Waals surface area contributed by atoms with Gasteiger partial charge in [-0.2, -0.15) is 0 Å². The first-order valence-electron chi connectivity index (χ1n) is 12.5. The van der Waals surface area contributed by atoms with Gasteiger partial charge in [0, 0.05) is 29.6 Å². The lowest BCUT2D eigenvalue weighted by molar-refractivity contribution is -0.158. The Morgan fingerprint density at radius 3 is 2.64 bits per heavy atom. The molecule has 7 rings (SSSR count). The molecule has 168 valence electrons. The highest BCUT2D eigenvalue weighted by Gasteiger charge is 2.48. The van der Waals surface area contributed by atoms with Crippen LogP contribution in [0, 0.1) is 5.92 Å². The Bertz CT molecular complexity index is 1290. The molecule has 1 aromatic heterocycles. The number of nitrogens with one attached hydrogen (secondary N) is 1. The molecule has 2 aromatic carbocycles. The van der Waals surface area contributed by atoms with Crippen LogP contribution in [0.25, 0.3) is 10.9 Å². The van der Waals surface area contributed by atoms with Gasteiger partial charge in [0.1, 0.15) is 6.04 Å². The molecule has 4 aliphatic rings. The van der Waals surface area contributed by atoms with Crippen molar-refractivity contribution >= 4 is 22.7 Å². The minimum absolute atomic E-state index is 0.0762. The zero-order valence-electron chi connectivity index (χ0n) is 18.8. The van der Waals surface area contributed by atoms with Gasteiger partial charge < -0.3 is 14.8 Å². The van der Waals surface area contributed by atoms with Crippen LogP contribution in [-0.4, -0.2) is 45.7 Å². The van der Waals surface area contributed by atoms with E-state index in [1.807, 2.05) is 15.9 Å². The number of amides is 2. The van der Waals surface area contributed by atoms with Gasteiger partial charge in [0.2, 0.25) is 11.8 Å². The molecule has 2 aliphatic carbocycles. The van der Waals surface area contributed by atoms with Gasteiger partial charge in [-0.25, -0.2) is 0 Å². The number of piperazine rings is 1. The average molecular weight is 440 g/mol. The highest BCUT2D eigenvalue weighted by molar-refractivity contribution is 5.97. The van der Waals surface area contributed by atoms with Crippen LogP contribution >= 0.6 is 0 Å². The van der Waals surface area contributed by atoms with Crippen LogP contribution in [0.2, 0.25) is 0 Å². The van der Waals surface area contributed by atoms with Crippen molar-refractivity contribution in [1.82, 2.24) is 14.8 Å². The molecule has 2 fully saturated rings. The lowest BCUT2D eigenvalue weighted by Crippen LogP contribution is -2.63. The van der Waals surface area contributed by atoms with Gasteiger partial charge in [0.15, 0.2) is 0 Å². The van der Waals surface area contributed by atoms with Crippen molar-refractivity contribution in [2.75, 3.05) is 13.1 Å². The molecule has 1 N–H and O–H groups in total. The van der Waals surface area contributed by atoms with Gasteiger partial charge in [0.05, 0.1) is 12.6 Å². The highest BCUT2D eigenvalue weighted by atomic mass is 16.2. The third-order valence-corrected chi connectivity index (χ3v) is 8.21. The standard InChI is InChI=1S/C28H29N3O2/c32-25-16-30(15-17-9-10-17)28(33)24-14-22-21-7-3-4-8-23(21)29-26(22)27(31(24)25)20-12-11-18-5-1-2-6-19(18)13-20/h3-4,7-8,11-13,17,24,27,29H,1-2,5-6,9-10,14-16H2/t24-,27+/m1/s1. The fraction of sp³-hybridized carbons (Fsp3) is 0.429. The predicted octanol–water partition coefficient (Wildman–Crippen LogP) is 4.14. The maximum atomic E-state index is 13.7. The molecular formula is C28H29N3O2. The number of carbonyl (C=O) groups is 2. The molecule has 5 heteroatoms. The first-order valence-corrected chi connectivity index (χ1v) is 12.5. The third-order valence-electron chi connectivity index (χ3n) is 8.21. The smallest absolute Gasteiger partial charge is 0.246 e. The second kappa shape index (κ2) is 7.21. The largest absolute Gasteiger partial charge is 0.356 e. The first kappa shape index (κ1) is 19.4. The Balaban J connectivity index is 1.38. The van der Waals surface area contributed by atoms with Gasteiger partial charge >= 0.3 is 0 Å². The Kier molecular flexibility index (Phi) is 4.24. The molecule has 1 saturated heterocycles. The van der Waals surface area contributed by atoms with Crippen molar-refractivity contribution in [1.29, 1.82) is 0 Å². The molecule has 0 unspecified atom stereocenters. The highest BCUT2D eigenvalue weighted by Crippen LogP contribution is 2.43. The van der Waals surface area contributed by atoms with Gasteiger partial charge in [0.25, 0.3) is 0 Å². The van der Waals surface area contributed by atoms with E-state index in [0.29, 0.717) is 12.3 Å². The second-order valence-corrected chi connectivity index (χ2v) is 10.4. The number of aryl methyl sites for hydroxylation is 2. The maximum absolute atomic E-state index is 13.7. The van der Waals surface area contributed by atoms with Crippen molar-refractivity contribution in [3.05, 3.63) is 70.4 Å². The molecule has 3 heterocycles. The van der Waals surface area contributed by atoms with Gasteiger partial charge in [-0.1, -0.05) is 36.4 Å². The van der Waals surface area contributed by atoms with Crippen LogP contribution in [-0.2, 0) is 28.9 Å². The number of rotatable bonds is 3. The molecule has 33 heavy (non-hydrogen) atoms.